The highest BCUT2D eigenvalue weighted by Crippen LogP contribution is 2.25. The highest BCUT2D eigenvalue weighted by atomic mass is 16.7. The normalized spacial score (nSPS) is 22.6. The number of amidine groups is 1. The zero-order valence-electron chi connectivity index (χ0n) is 12.5. The van der Waals surface area contributed by atoms with Gasteiger partial charge in [0.2, 0.25) is 0 Å². The van der Waals surface area contributed by atoms with Crippen molar-refractivity contribution in [1.29, 1.82) is 0 Å². The summed E-state index contributed by atoms with van der Waals surface area (Å²) in [6.45, 7) is 6.03. The molecule has 6 nitrogen and oxygen atoms in total. The molecule has 0 aromatic carbocycles. The Hall–Kier alpha value is -1.59. The number of nitrogens with one attached hydrogen (secondary N) is 2. The molecule has 1 heterocycles. The molecule has 0 aromatic rings. The lowest BCUT2D eigenvalue weighted by atomic mass is 9.85. The van der Waals surface area contributed by atoms with E-state index in [9.17, 15) is 4.79 Å². The largest absolute Gasteiger partial charge is 0.431 e. The average molecular weight is 280 g/mol. The van der Waals surface area contributed by atoms with E-state index >= 15 is 0 Å². The van der Waals surface area contributed by atoms with Crippen molar-refractivity contribution in [3.63, 3.8) is 0 Å². The minimum Gasteiger partial charge on any atom is -0.323 e. The molecule has 0 radical (unpaired) electrons. The van der Waals surface area contributed by atoms with Crippen LogP contribution in [0.1, 0.15) is 59.3 Å². The van der Waals surface area contributed by atoms with Gasteiger partial charge in [0.25, 0.3) is 0 Å². The fourth-order valence-corrected chi connectivity index (χ4v) is 2.73. The highest BCUT2D eigenvalue weighted by molar-refractivity contribution is 5.96. The quantitative estimate of drug-likeness (QED) is 0.725. The summed E-state index contributed by atoms with van der Waals surface area (Å²) in [5.74, 6) is 0.585. The van der Waals surface area contributed by atoms with Crippen molar-refractivity contribution in [1.82, 2.24) is 10.8 Å². The Kier molecular flexibility index (Phi) is 4.62. The summed E-state index contributed by atoms with van der Waals surface area (Å²) in [5.41, 5.74) is 3.43. The second-order valence-corrected chi connectivity index (χ2v) is 6.32. The monoisotopic (exact) mass is 280 g/mol. The van der Waals surface area contributed by atoms with Crippen molar-refractivity contribution in [2.75, 3.05) is 0 Å². The lowest BCUT2D eigenvalue weighted by Crippen LogP contribution is -2.44. The maximum atomic E-state index is 11.7. The van der Waals surface area contributed by atoms with Gasteiger partial charge in [-0.15, -0.1) is 5.10 Å². The summed E-state index contributed by atoms with van der Waals surface area (Å²) in [6, 6.07) is 0.236. The van der Waals surface area contributed by atoms with Crippen molar-refractivity contribution in [2.24, 2.45) is 15.6 Å². The Labute approximate surface area is 120 Å². The van der Waals surface area contributed by atoms with Crippen molar-refractivity contribution in [3.8, 4) is 0 Å². The van der Waals surface area contributed by atoms with E-state index in [0.29, 0.717) is 5.84 Å². The molecule has 0 bridgehead atoms. The van der Waals surface area contributed by atoms with E-state index in [1.165, 1.54) is 19.3 Å². The predicted molar refractivity (Wildman–Crippen MR) is 78.6 cm³/mol. The zero-order valence-corrected chi connectivity index (χ0v) is 12.5. The molecule has 1 saturated carbocycles. The van der Waals surface area contributed by atoms with Crippen LogP contribution < -0.4 is 10.8 Å². The smallest absolute Gasteiger partial charge is 0.323 e. The van der Waals surface area contributed by atoms with E-state index in [4.69, 9.17) is 4.84 Å². The van der Waals surface area contributed by atoms with Crippen LogP contribution in [0.4, 0.5) is 4.79 Å². The number of nitrogens with zero attached hydrogens (tertiary/aromatic N) is 2. The first-order valence-electron chi connectivity index (χ1n) is 7.32. The molecule has 0 saturated heterocycles. The maximum absolute atomic E-state index is 11.7. The Morgan fingerprint density at radius 2 is 1.95 bits per heavy atom. The second kappa shape index (κ2) is 6.24. The number of carbonyl (C=O) groups excluding carboxylic acids is 1. The van der Waals surface area contributed by atoms with Gasteiger partial charge in [0.1, 0.15) is 0 Å². The van der Waals surface area contributed by atoms with Crippen LogP contribution in [0.15, 0.2) is 10.2 Å². The van der Waals surface area contributed by atoms with Gasteiger partial charge in [-0.3, -0.25) is 0 Å². The zero-order chi connectivity index (χ0) is 14.6. The van der Waals surface area contributed by atoms with Crippen molar-refractivity contribution in [3.05, 3.63) is 0 Å². The summed E-state index contributed by atoms with van der Waals surface area (Å²) in [4.78, 5) is 16.8. The molecule has 20 heavy (non-hydrogen) atoms. The minimum absolute atomic E-state index is 0.197. The maximum Gasteiger partial charge on any atom is 0.431 e. The Bertz CT molecular complexity index is 423. The van der Waals surface area contributed by atoms with Crippen LogP contribution in [0.2, 0.25) is 0 Å². The van der Waals surface area contributed by atoms with E-state index < -0.39 is 6.09 Å². The van der Waals surface area contributed by atoms with Crippen molar-refractivity contribution < 1.29 is 9.63 Å². The fourth-order valence-electron chi connectivity index (χ4n) is 2.73. The van der Waals surface area contributed by atoms with Gasteiger partial charge >= 0.3 is 6.09 Å². The summed E-state index contributed by atoms with van der Waals surface area (Å²) >= 11 is 0. The Morgan fingerprint density at radius 3 is 2.60 bits per heavy atom. The first-order chi connectivity index (χ1) is 9.47. The van der Waals surface area contributed by atoms with Crippen molar-refractivity contribution in [2.45, 2.75) is 65.3 Å². The van der Waals surface area contributed by atoms with Crippen LogP contribution in [0.25, 0.3) is 0 Å². The van der Waals surface area contributed by atoms with Gasteiger partial charge < -0.3 is 10.2 Å². The molecule has 6 heteroatoms. The third-order valence-corrected chi connectivity index (χ3v) is 3.83. The molecule has 2 aliphatic rings. The minimum atomic E-state index is -0.443. The van der Waals surface area contributed by atoms with Crippen LogP contribution in [0.5, 0.6) is 0 Å². The molecule has 1 amide bonds. The lowest BCUT2D eigenvalue weighted by molar-refractivity contribution is 0.110. The van der Waals surface area contributed by atoms with Gasteiger partial charge in [-0.2, -0.15) is 5.10 Å². The van der Waals surface area contributed by atoms with Crippen LogP contribution >= 0.6 is 0 Å². The summed E-state index contributed by atoms with van der Waals surface area (Å²) in [5, 5.41) is 11.0. The van der Waals surface area contributed by atoms with Gasteiger partial charge in [0.05, 0.1) is 0 Å². The standard InChI is InChI=1S/C14H24N4O2/c1-10-9-14(2,3)12(17-16-10)18-20-13(19)15-11-7-5-4-6-8-11/h11H,4-9H2,1-3H3,(H,15,19)(H,17,18). The topological polar surface area (TPSA) is 75.1 Å². The second-order valence-electron chi connectivity index (χ2n) is 6.32. The molecule has 0 aromatic heterocycles. The summed E-state index contributed by atoms with van der Waals surface area (Å²) in [6.07, 6.45) is 6.02. The number of hydroxylamine groups is 1. The van der Waals surface area contributed by atoms with Crippen LogP contribution in [0.3, 0.4) is 0 Å². The van der Waals surface area contributed by atoms with E-state index in [1.54, 1.807) is 0 Å². The van der Waals surface area contributed by atoms with Crippen LogP contribution in [-0.2, 0) is 4.84 Å². The van der Waals surface area contributed by atoms with Crippen molar-refractivity contribution >= 4 is 17.6 Å². The molecule has 112 valence electrons. The van der Waals surface area contributed by atoms with Gasteiger partial charge in [-0.25, -0.2) is 10.3 Å². The summed E-state index contributed by atoms with van der Waals surface area (Å²) < 4.78 is 0. The van der Waals surface area contributed by atoms with Gasteiger partial charge in [-0.05, 0) is 26.2 Å². The number of amides is 1. The van der Waals surface area contributed by atoms with E-state index in [-0.39, 0.29) is 11.5 Å². The van der Waals surface area contributed by atoms with Gasteiger partial charge in [0, 0.05) is 17.2 Å². The lowest BCUT2D eigenvalue weighted by Gasteiger charge is -2.28. The molecular weight excluding hydrogens is 256 g/mol. The van der Waals surface area contributed by atoms with Crippen LogP contribution in [-0.4, -0.2) is 23.7 Å². The first-order valence-corrected chi connectivity index (χ1v) is 7.32. The number of carbonyl (C=O) groups is 1. The molecule has 0 atom stereocenters. The molecule has 0 spiro atoms. The molecule has 1 aliphatic heterocycles. The van der Waals surface area contributed by atoms with E-state index in [0.717, 1.165) is 25.0 Å². The SMILES string of the molecule is CC1=NN=C(NOC(=O)NC2CCCCC2)C(C)(C)C1. The Balaban J connectivity index is 1.80. The molecule has 2 rings (SSSR count). The molecule has 1 aliphatic carbocycles. The predicted octanol–water partition coefficient (Wildman–Crippen LogP) is 2.75. The third kappa shape index (κ3) is 3.95. The fraction of sp³-hybridized carbons (Fsp3) is 0.786. The molecule has 2 N–H and O–H groups in total. The molecule has 1 fully saturated rings. The molecule has 0 unspecified atom stereocenters. The van der Waals surface area contributed by atoms with Gasteiger partial charge in [-0.1, -0.05) is 33.1 Å². The molecular formula is C14H24N4O2. The number of rotatable bonds is 1. The Morgan fingerprint density at radius 1 is 1.25 bits per heavy atom. The highest BCUT2D eigenvalue weighted by Gasteiger charge is 2.30. The van der Waals surface area contributed by atoms with Gasteiger partial charge in [0.15, 0.2) is 5.84 Å². The average Bonchev–Trinajstić information content (AvgIpc) is 2.38. The van der Waals surface area contributed by atoms with E-state index in [2.05, 4.69) is 21.0 Å². The number of hydrogen-bond donors (Lipinski definition) is 2. The summed E-state index contributed by atoms with van der Waals surface area (Å²) in [7, 11) is 0. The number of hydrogen-bond acceptors (Lipinski definition) is 5. The third-order valence-electron chi connectivity index (χ3n) is 3.83. The van der Waals surface area contributed by atoms with Crippen LogP contribution in [0, 0.1) is 5.41 Å². The van der Waals surface area contributed by atoms with E-state index in [1.807, 2.05) is 20.8 Å². The first kappa shape index (κ1) is 14.8.